The lowest BCUT2D eigenvalue weighted by atomic mass is 9.92. The van der Waals surface area contributed by atoms with E-state index in [0.29, 0.717) is 6.54 Å². The van der Waals surface area contributed by atoms with Gasteiger partial charge in [-0.05, 0) is 19.2 Å². The first kappa shape index (κ1) is 24.1. The van der Waals surface area contributed by atoms with Gasteiger partial charge in [0.2, 0.25) is 25.1 Å². The molecule has 2 aliphatic rings. The third kappa shape index (κ3) is 4.12. The molecule has 178 valence electrons. The molecule has 2 N–H and O–H groups in total. The van der Waals surface area contributed by atoms with E-state index in [1.165, 1.54) is 26.4 Å². The van der Waals surface area contributed by atoms with Gasteiger partial charge in [0.1, 0.15) is 6.61 Å². The van der Waals surface area contributed by atoms with Crippen molar-refractivity contribution in [1.82, 2.24) is 5.32 Å². The highest BCUT2D eigenvalue weighted by molar-refractivity contribution is 6.08. The fraction of sp³-hybridized carbons (Fsp3) is 0.333. The molecule has 0 bridgehead atoms. The second kappa shape index (κ2) is 9.92. The highest BCUT2D eigenvalue weighted by Gasteiger charge is 2.37. The summed E-state index contributed by atoms with van der Waals surface area (Å²) in [6.45, 7) is 0.226. The highest BCUT2D eigenvalue weighted by Crippen LogP contribution is 2.56. The molecule has 2 aromatic rings. The quantitative estimate of drug-likeness (QED) is 0.423. The van der Waals surface area contributed by atoms with Gasteiger partial charge in [0.25, 0.3) is 0 Å². The number of carbonyl (C=O) groups excluding carboxylic acids is 1. The zero-order chi connectivity index (χ0) is 22.8. The summed E-state index contributed by atoms with van der Waals surface area (Å²) in [6, 6.07) is 2.72. The molecule has 0 amide bonds. The molecule has 2 aliphatic heterocycles. The Hall–Kier alpha value is -3.57. The molecule has 0 fully saturated rings. The van der Waals surface area contributed by atoms with E-state index in [9.17, 15) is 14.7 Å². The van der Waals surface area contributed by atoms with Crippen LogP contribution in [0.5, 0.6) is 34.5 Å². The Bertz CT molecular complexity index is 1090. The van der Waals surface area contributed by atoms with Crippen molar-refractivity contribution < 1.29 is 47.9 Å². The van der Waals surface area contributed by atoms with Crippen molar-refractivity contribution in [1.29, 1.82) is 0 Å². The molecule has 0 spiro atoms. The molecule has 12 heteroatoms. The molecule has 2 heterocycles. The van der Waals surface area contributed by atoms with E-state index in [2.05, 4.69) is 5.32 Å². The van der Waals surface area contributed by atoms with Gasteiger partial charge in [0, 0.05) is 17.7 Å². The third-order valence-electron chi connectivity index (χ3n) is 4.94. The van der Waals surface area contributed by atoms with Gasteiger partial charge >= 0.3 is 11.9 Å². The number of carboxylic acid groups (broad SMARTS) is 1. The number of hydrogen-bond donors (Lipinski definition) is 2. The van der Waals surface area contributed by atoms with E-state index >= 15 is 0 Å². The molecule has 2 aromatic carbocycles. The van der Waals surface area contributed by atoms with Crippen molar-refractivity contribution in [3.05, 3.63) is 23.3 Å². The number of rotatable bonds is 8. The summed E-state index contributed by atoms with van der Waals surface area (Å²) in [6.07, 6.45) is 0. The number of carbonyl (C=O) groups is 2. The number of halogens is 1. The first-order valence-corrected chi connectivity index (χ1v) is 9.58. The molecular weight excluding hydrogens is 462 g/mol. The summed E-state index contributed by atoms with van der Waals surface area (Å²) >= 11 is 0. The summed E-state index contributed by atoms with van der Waals surface area (Å²) in [7, 11) is 4.52. The van der Waals surface area contributed by atoms with E-state index < -0.39 is 11.9 Å². The van der Waals surface area contributed by atoms with Crippen LogP contribution in [-0.4, -0.2) is 65.0 Å². The van der Waals surface area contributed by atoms with Gasteiger partial charge in [0.05, 0.1) is 25.3 Å². The molecule has 0 atom stereocenters. The molecule has 0 aliphatic carbocycles. The zero-order valence-electron chi connectivity index (χ0n) is 18.0. The predicted octanol–water partition coefficient (Wildman–Crippen LogP) is 2.32. The third-order valence-corrected chi connectivity index (χ3v) is 4.94. The standard InChI is InChI=1S/C21H21NO10.ClH/c1-22-4-5-28-21(25)11-7-13(27-3)17-19(32-9-30-17)15(11)14-10(20(23)24)6-12(26-2)16-18(14)31-8-29-16;/h6-7,22H,4-5,8-9H2,1-3H3,(H,23,24);1H. The minimum atomic E-state index is -1.27. The maximum atomic E-state index is 13.0. The van der Waals surface area contributed by atoms with E-state index in [-0.39, 0.29) is 89.4 Å². The second-order valence-electron chi connectivity index (χ2n) is 6.68. The number of benzene rings is 2. The van der Waals surface area contributed by atoms with Gasteiger partial charge in [-0.1, -0.05) is 0 Å². The number of carboxylic acids is 1. The van der Waals surface area contributed by atoms with Crippen molar-refractivity contribution in [2.24, 2.45) is 0 Å². The molecule has 33 heavy (non-hydrogen) atoms. The maximum Gasteiger partial charge on any atom is 0.339 e. The number of methoxy groups -OCH3 is 2. The van der Waals surface area contributed by atoms with E-state index in [4.69, 9.17) is 33.2 Å². The van der Waals surface area contributed by atoms with Crippen LogP contribution in [0.2, 0.25) is 0 Å². The normalized spacial score (nSPS) is 12.7. The smallest absolute Gasteiger partial charge is 0.339 e. The number of nitrogens with one attached hydrogen (secondary N) is 1. The van der Waals surface area contributed by atoms with Gasteiger partial charge in [-0.25, -0.2) is 9.59 Å². The Morgan fingerprint density at radius 3 is 1.88 bits per heavy atom. The lowest BCUT2D eigenvalue weighted by Gasteiger charge is -2.18. The van der Waals surface area contributed by atoms with Crippen LogP contribution in [0, 0.1) is 0 Å². The van der Waals surface area contributed by atoms with E-state index in [0.717, 1.165) is 0 Å². The highest BCUT2D eigenvalue weighted by atomic mass is 35.5. The lowest BCUT2D eigenvalue weighted by molar-refractivity contribution is 0.0510. The number of hydrogen-bond acceptors (Lipinski definition) is 10. The van der Waals surface area contributed by atoms with E-state index in [1.54, 1.807) is 7.05 Å². The largest absolute Gasteiger partial charge is 0.493 e. The Balaban J connectivity index is 0.00000306. The molecule has 11 nitrogen and oxygen atoms in total. The van der Waals surface area contributed by atoms with Crippen LogP contribution in [0.1, 0.15) is 20.7 Å². The van der Waals surface area contributed by atoms with Crippen LogP contribution in [-0.2, 0) is 4.74 Å². The fourth-order valence-electron chi connectivity index (χ4n) is 3.53. The molecule has 0 saturated heterocycles. The summed E-state index contributed by atoms with van der Waals surface area (Å²) in [4.78, 5) is 25.2. The minimum absolute atomic E-state index is 0. The molecule has 0 unspecified atom stereocenters. The number of fused-ring (bicyclic) bond motifs is 2. The Morgan fingerprint density at radius 1 is 0.909 bits per heavy atom. The number of esters is 1. The summed E-state index contributed by atoms with van der Waals surface area (Å²) in [5, 5.41) is 12.8. The monoisotopic (exact) mass is 483 g/mol. The second-order valence-corrected chi connectivity index (χ2v) is 6.68. The molecule has 4 rings (SSSR count). The zero-order valence-corrected chi connectivity index (χ0v) is 18.8. The van der Waals surface area contributed by atoms with Crippen LogP contribution < -0.4 is 33.7 Å². The van der Waals surface area contributed by atoms with Crippen LogP contribution in [0.3, 0.4) is 0 Å². The van der Waals surface area contributed by atoms with Crippen molar-refractivity contribution in [3.8, 4) is 45.6 Å². The summed E-state index contributed by atoms with van der Waals surface area (Å²) < 4.78 is 38.3. The van der Waals surface area contributed by atoms with Gasteiger partial charge in [-0.2, -0.15) is 0 Å². The van der Waals surface area contributed by atoms with Crippen molar-refractivity contribution in [2.45, 2.75) is 0 Å². The molecule has 0 aromatic heterocycles. The van der Waals surface area contributed by atoms with Crippen LogP contribution in [0.25, 0.3) is 11.1 Å². The van der Waals surface area contributed by atoms with Gasteiger partial charge < -0.3 is 43.6 Å². The van der Waals surface area contributed by atoms with Crippen molar-refractivity contribution in [2.75, 3.05) is 48.0 Å². The SMILES string of the molecule is CNCCOC(=O)c1cc(OC)c2c(c1-c1c(C(=O)O)cc(OC)c3c1OCO3)OCO2.Cl. The average molecular weight is 484 g/mol. The Kier molecular flexibility index (Phi) is 7.24. The predicted molar refractivity (Wildman–Crippen MR) is 116 cm³/mol. The van der Waals surface area contributed by atoms with E-state index in [1.807, 2.05) is 0 Å². The number of ether oxygens (including phenoxy) is 7. The topological polar surface area (TPSA) is 131 Å². The lowest BCUT2D eigenvalue weighted by Crippen LogP contribution is -2.18. The van der Waals surface area contributed by atoms with Crippen LogP contribution in [0.15, 0.2) is 12.1 Å². The van der Waals surface area contributed by atoms with Gasteiger partial charge in [-0.3, -0.25) is 0 Å². The molecule has 0 saturated carbocycles. The van der Waals surface area contributed by atoms with Gasteiger partial charge in [-0.15, -0.1) is 12.4 Å². The average Bonchev–Trinajstić information content (AvgIpc) is 3.47. The number of likely N-dealkylation sites (N-methyl/N-ethyl adjacent to an activating group) is 1. The first-order chi connectivity index (χ1) is 15.5. The number of aromatic carboxylic acids is 1. The van der Waals surface area contributed by atoms with Crippen molar-refractivity contribution in [3.63, 3.8) is 0 Å². The summed E-state index contributed by atoms with van der Waals surface area (Å²) in [5.74, 6) is -0.870. The van der Waals surface area contributed by atoms with Crippen molar-refractivity contribution >= 4 is 24.3 Å². The minimum Gasteiger partial charge on any atom is -0.493 e. The van der Waals surface area contributed by atoms with Crippen LogP contribution in [0.4, 0.5) is 0 Å². The van der Waals surface area contributed by atoms with Crippen LogP contribution >= 0.6 is 12.4 Å². The Morgan fingerprint density at radius 2 is 1.39 bits per heavy atom. The Labute approximate surface area is 194 Å². The molecule has 0 radical (unpaired) electrons. The summed E-state index contributed by atoms with van der Waals surface area (Å²) in [5.41, 5.74) is 0.0520. The maximum absolute atomic E-state index is 13.0. The fourth-order valence-corrected chi connectivity index (χ4v) is 3.53. The first-order valence-electron chi connectivity index (χ1n) is 9.58. The van der Waals surface area contributed by atoms with Gasteiger partial charge in [0.15, 0.2) is 23.0 Å². The molecular formula is C21H22ClNO10.